The zero-order valence-electron chi connectivity index (χ0n) is 44.7. The van der Waals surface area contributed by atoms with E-state index in [9.17, 15) is 38.7 Å². The van der Waals surface area contributed by atoms with Crippen molar-refractivity contribution < 1.29 is 57.0 Å². The van der Waals surface area contributed by atoms with E-state index in [1.807, 2.05) is 6.92 Å². The molecular formula is C56H109NO12S. The highest BCUT2D eigenvalue weighted by Gasteiger charge is 2.48. The minimum absolute atomic E-state index is 0.261. The molecule has 8 unspecified atom stereocenters. The summed E-state index contributed by atoms with van der Waals surface area (Å²) < 4.78 is 47.2. The molecule has 0 radical (unpaired) electrons. The lowest BCUT2D eigenvalue weighted by atomic mass is 9.99. The summed E-state index contributed by atoms with van der Waals surface area (Å²) in [5, 5.41) is 54.7. The van der Waals surface area contributed by atoms with Crippen molar-refractivity contribution in [1.29, 1.82) is 0 Å². The minimum atomic E-state index is -5.10. The summed E-state index contributed by atoms with van der Waals surface area (Å²) in [7, 11) is -5.10. The molecule has 0 aliphatic carbocycles. The standard InChI is InChI=1S/C56H109NO12S/c1-3-5-7-8-9-10-11-12-13-14-15-16-17-18-19-20-21-22-23-24-25-26-27-28-29-30-31-32-33-34-35-36-37-38-39-40-41-43-45-50(60)55(63)57-48(49(59)44-42-6-4-2)47-67-56-53(62)54(69-70(64,65)66)52(61)51(46-58)68-56/h24-25,48-54,56,58-62H,3-23,26-47H2,1-2H3,(H,57,63)(H,64,65,66)/b25-24-. The first-order valence-corrected chi connectivity index (χ1v) is 30.5. The van der Waals surface area contributed by atoms with Crippen LogP contribution in [0.25, 0.3) is 0 Å². The van der Waals surface area contributed by atoms with Crippen molar-refractivity contribution >= 4 is 16.3 Å². The lowest BCUT2D eigenvalue weighted by Crippen LogP contribution is -2.61. The SMILES string of the molecule is CCCCCCCCCCCCCCCCCCCC/C=C\CCCCCCCCCCCCCCCCCCC(O)C(=O)NC(COC1OC(CO)C(O)C(OS(=O)(=O)O)C1O)C(O)CCCCC. The van der Waals surface area contributed by atoms with Crippen LogP contribution in [-0.2, 0) is 28.9 Å². The zero-order valence-corrected chi connectivity index (χ0v) is 45.5. The van der Waals surface area contributed by atoms with Gasteiger partial charge in [-0.2, -0.15) is 8.42 Å². The molecule has 0 aromatic carbocycles. The van der Waals surface area contributed by atoms with Gasteiger partial charge in [-0.15, -0.1) is 0 Å². The molecule has 0 spiro atoms. The second kappa shape index (κ2) is 46.3. The van der Waals surface area contributed by atoms with Crippen LogP contribution in [0, 0.1) is 0 Å². The number of rotatable bonds is 51. The van der Waals surface area contributed by atoms with Crippen molar-refractivity contribution in [2.24, 2.45) is 0 Å². The Morgan fingerprint density at radius 2 is 0.914 bits per heavy atom. The molecule has 1 rings (SSSR count). The highest BCUT2D eigenvalue weighted by molar-refractivity contribution is 7.80. The van der Waals surface area contributed by atoms with Crippen LogP contribution in [0.4, 0.5) is 0 Å². The number of ether oxygens (including phenoxy) is 2. The molecule has 1 heterocycles. The minimum Gasteiger partial charge on any atom is -0.394 e. The number of hydrogen-bond acceptors (Lipinski definition) is 11. The van der Waals surface area contributed by atoms with Crippen LogP contribution in [0.15, 0.2) is 12.2 Å². The van der Waals surface area contributed by atoms with Gasteiger partial charge in [-0.05, 0) is 38.5 Å². The van der Waals surface area contributed by atoms with E-state index >= 15 is 0 Å². The van der Waals surface area contributed by atoms with Crippen LogP contribution in [-0.4, -0.2) is 107 Å². The lowest BCUT2D eigenvalue weighted by Gasteiger charge is -2.41. The van der Waals surface area contributed by atoms with Crippen LogP contribution in [0.1, 0.15) is 277 Å². The Hall–Kier alpha value is -1.20. The van der Waals surface area contributed by atoms with Gasteiger partial charge in [0.2, 0.25) is 5.91 Å². The fraction of sp³-hybridized carbons (Fsp3) is 0.946. The van der Waals surface area contributed by atoms with E-state index in [4.69, 9.17) is 14.0 Å². The second-order valence-corrected chi connectivity index (χ2v) is 21.8. The number of aliphatic hydroxyl groups excluding tert-OH is 5. The first kappa shape index (κ1) is 66.8. The van der Waals surface area contributed by atoms with Gasteiger partial charge in [-0.3, -0.25) is 9.35 Å². The van der Waals surface area contributed by atoms with E-state index in [1.54, 1.807) is 0 Å². The van der Waals surface area contributed by atoms with Gasteiger partial charge >= 0.3 is 10.4 Å². The van der Waals surface area contributed by atoms with E-state index in [2.05, 4.69) is 28.6 Å². The molecule has 7 N–H and O–H groups in total. The number of amides is 1. The predicted molar refractivity (Wildman–Crippen MR) is 284 cm³/mol. The Kier molecular flexibility index (Phi) is 44.2. The number of nitrogens with one attached hydrogen (secondary N) is 1. The number of carbonyl (C=O) groups excluding carboxylic acids is 1. The molecule has 0 aromatic rings. The maximum Gasteiger partial charge on any atom is 0.397 e. The third kappa shape index (κ3) is 37.5. The quantitative estimate of drug-likeness (QED) is 0.0172. The summed E-state index contributed by atoms with van der Waals surface area (Å²) >= 11 is 0. The van der Waals surface area contributed by atoms with Crippen molar-refractivity contribution in [2.45, 2.75) is 326 Å². The summed E-state index contributed by atoms with van der Waals surface area (Å²) in [4.78, 5) is 13.0. The Morgan fingerprint density at radius 1 is 0.557 bits per heavy atom. The molecule has 1 amide bonds. The molecule has 13 nitrogen and oxygen atoms in total. The molecule has 14 heteroatoms. The number of unbranched alkanes of at least 4 members (excludes halogenated alkanes) is 36. The molecular weight excluding hydrogens is 911 g/mol. The van der Waals surface area contributed by atoms with Gasteiger partial charge in [-0.1, -0.05) is 251 Å². The summed E-state index contributed by atoms with van der Waals surface area (Å²) in [5.74, 6) is -0.677. The normalized spacial score (nSPS) is 20.0. The van der Waals surface area contributed by atoms with Gasteiger partial charge in [0.15, 0.2) is 6.29 Å². The molecule has 416 valence electrons. The maximum atomic E-state index is 13.0. The molecule has 8 atom stereocenters. The number of hydrogen-bond donors (Lipinski definition) is 7. The fourth-order valence-corrected chi connectivity index (χ4v) is 10.1. The molecule has 70 heavy (non-hydrogen) atoms. The first-order chi connectivity index (χ1) is 33.9. The van der Waals surface area contributed by atoms with Crippen LogP contribution in [0.5, 0.6) is 0 Å². The predicted octanol–water partition coefficient (Wildman–Crippen LogP) is 12.4. The Labute approximate surface area is 428 Å². The van der Waals surface area contributed by atoms with Crippen LogP contribution >= 0.6 is 0 Å². The first-order valence-electron chi connectivity index (χ1n) is 29.2. The van der Waals surface area contributed by atoms with Crippen molar-refractivity contribution in [3.05, 3.63) is 12.2 Å². The fourth-order valence-electron chi connectivity index (χ4n) is 9.58. The molecule has 0 aromatic heterocycles. The van der Waals surface area contributed by atoms with Gasteiger partial charge in [-0.25, -0.2) is 4.18 Å². The molecule has 1 aliphatic rings. The second-order valence-electron chi connectivity index (χ2n) is 20.7. The van der Waals surface area contributed by atoms with Crippen molar-refractivity contribution in [3.8, 4) is 0 Å². The van der Waals surface area contributed by atoms with Crippen LogP contribution in [0.2, 0.25) is 0 Å². The molecule has 1 saturated heterocycles. The molecule has 1 aliphatic heterocycles. The highest BCUT2D eigenvalue weighted by Crippen LogP contribution is 2.26. The Morgan fingerprint density at radius 3 is 1.30 bits per heavy atom. The van der Waals surface area contributed by atoms with Crippen molar-refractivity contribution in [1.82, 2.24) is 5.32 Å². The van der Waals surface area contributed by atoms with Gasteiger partial charge in [0.25, 0.3) is 0 Å². The van der Waals surface area contributed by atoms with Crippen molar-refractivity contribution in [3.63, 3.8) is 0 Å². The Balaban J connectivity index is 2.00. The molecule has 0 bridgehead atoms. The van der Waals surface area contributed by atoms with E-state index in [-0.39, 0.29) is 6.42 Å². The van der Waals surface area contributed by atoms with Crippen LogP contribution in [0.3, 0.4) is 0 Å². The largest absolute Gasteiger partial charge is 0.397 e. The van der Waals surface area contributed by atoms with E-state index < -0.39 is 78.5 Å². The van der Waals surface area contributed by atoms with Gasteiger partial charge in [0.1, 0.15) is 30.5 Å². The molecule has 1 fully saturated rings. The van der Waals surface area contributed by atoms with E-state index in [0.29, 0.717) is 19.3 Å². The summed E-state index contributed by atoms with van der Waals surface area (Å²) in [5.41, 5.74) is 0. The van der Waals surface area contributed by atoms with Crippen LogP contribution < -0.4 is 5.32 Å². The van der Waals surface area contributed by atoms with E-state index in [0.717, 1.165) is 32.1 Å². The van der Waals surface area contributed by atoms with Gasteiger partial charge in [0.05, 0.1) is 25.4 Å². The zero-order chi connectivity index (χ0) is 51.3. The maximum absolute atomic E-state index is 13.0. The highest BCUT2D eigenvalue weighted by atomic mass is 32.3. The van der Waals surface area contributed by atoms with E-state index in [1.165, 1.54) is 205 Å². The monoisotopic (exact) mass is 1020 g/mol. The average Bonchev–Trinajstić information content (AvgIpc) is 3.33. The summed E-state index contributed by atoms with van der Waals surface area (Å²) in [6.45, 7) is 3.10. The number of aliphatic hydroxyl groups is 5. The van der Waals surface area contributed by atoms with Crippen molar-refractivity contribution in [2.75, 3.05) is 13.2 Å². The van der Waals surface area contributed by atoms with Gasteiger partial charge < -0.3 is 40.3 Å². The summed E-state index contributed by atoms with van der Waals surface area (Å²) in [6, 6.07) is -1.03. The summed E-state index contributed by atoms with van der Waals surface area (Å²) in [6.07, 6.45) is 44.5. The third-order valence-corrected chi connectivity index (χ3v) is 14.6. The smallest absolute Gasteiger partial charge is 0.394 e. The third-order valence-electron chi connectivity index (χ3n) is 14.2. The molecule has 0 saturated carbocycles. The Bertz CT molecular complexity index is 1310. The number of allylic oxidation sites excluding steroid dienone is 2. The number of carbonyl (C=O) groups is 1. The lowest BCUT2D eigenvalue weighted by molar-refractivity contribution is -0.298. The topological polar surface area (TPSA) is 212 Å². The van der Waals surface area contributed by atoms with Gasteiger partial charge in [0, 0.05) is 0 Å². The average molecular weight is 1020 g/mol.